The Balaban J connectivity index is 2.89. The van der Waals surface area contributed by atoms with Crippen LogP contribution in [0.25, 0.3) is 0 Å². The lowest BCUT2D eigenvalue weighted by Gasteiger charge is -2.24. The summed E-state index contributed by atoms with van der Waals surface area (Å²) in [6.07, 6.45) is 0. The number of nitrogen functional groups attached to an aromatic ring is 1. The summed E-state index contributed by atoms with van der Waals surface area (Å²) < 4.78 is 31.5. The highest BCUT2D eigenvalue weighted by molar-refractivity contribution is 7.88. The summed E-state index contributed by atoms with van der Waals surface area (Å²) in [5.74, 6) is 0.186. The van der Waals surface area contributed by atoms with Crippen LogP contribution < -0.4 is 5.73 Å². The highest BCUT2D eigenvalue weighted by Crippen LogP contribution is 2.17. The maximum Gasteiger partial charge on any atom is 0.218 e. The van der Waals surface area contributed by atoms with E-state index in [-0.39, 0.29) is 11.7 Å². The summed E-state index contributed by atoms with van der Waals surface area (Å²) >= 11 is 0. The highest BCUT2D eigenvalue weighted by atomic mass is 32.2. The van der Waals surface area contributed by atoms with Gasteiger partial charge in [0.1, 0.15) is 0 Å². The molecule has 0 saturated heterocycles. The monoisotopic (exact) mass is 300 g/mol. The summed E-state index contributed by atoms with van der Waals surface area (Å²) in [5.41, 5.74) is 6.97. The Bertz CT molecular complexity index is 515. The van der Waals surface area contributed by atoms with Gasteiger partial charge in [0, 0.05) is 25.9 Å². The van der Waals surface area contributed by atoms with Crippen LogP contribution in [0.1, 0.15) is 19.4 Å². The number of nitrogens with two attached hydrogens (primary N) is 1. The van der Waals surface area contributed by atoms with Gasteiger partial charge >= 0.3 is 0 Å². The van der Waals surface area contributed by atoms with Crippen LogP contribution >= 0.6 is 0 Å². The molecule has 0 saturated carbocycles. The average Bonchev–Trinajstić information content (AvgIpc) is 2.36. The second-order valence-corrected chi connectivity index (χ2v) is 7.17. The summed E-state index contributed by atoms with van der Waals surface area (Å²) in [4.78, 5) is 0. The van der Waals surface area contributed by atoms with Crippen molar-refractivity contribution >= 4 is 15.7 Å². The predicted octanol–water partition coefficient (Wildman–Crippen LogP) is 1.70. The van der Waals surface area contributed by atoms with Gasteiger partial charge in [-0.15, -0.1) is 0 Å². The van der Waals surface area contributed by atoms with Crippen LogP contribution in [0.5, 0.6) is 0 Å². The first-order chi connectivity index (χ1) is 9.36. The van der Waals surface area contributed by atoms with Crippen molar-refractivity contribution < 1.29 is 13.2 Å². The molecule has 0 aliphatic rings. The van der Waals surface area contributed by atoms with Crippen LogP contribution in [-0.4, -0.2) is 39.5 Å². The van der Waals surface area contributed by atoms with Crippen molar-refractivity contribution in [3.8, 4) is 0 Å². The van der Waals surface area contributed by atoms with Gasteiger partial charge in [-0.2, -0.15) is 4.31 Å². The highest BCUT2D eigenvalue weighted by Gasteiger charge is 2.23. The number of para-hydroxylation sites is 1. The summed E-state index contributed by atoms with van der Waals surface area (Å²) in [7, 11) is -1.83. The molecule has 0 radical (unpaired) electrons. The molecule has 1 aromatic rings. The SMILES string of the molecule is COCCN(CC(C)C)S(=O)(=O)Cc1ccccc1N. The number of hydrogen-bond acceptors (Lipinski definition) is 4. The van der Waals surface area contributed by atoms with E-state index in [1.54, 1.807) is 31.4 Å². The first kappa shape index (κ1) is 16.9. The smallest absolute Gasteiger partial charge is 0.218 e. The van der Waals surface area contributed by atoms with E-state index in [0.29, 0.717) is 30.9 Å². The van der Waals surface area contributed by atoms with Crippen molar-refractivity contribution in [2.75, 3.05) is 32.5 Å². The second kappa shape index (κ2) is 7.61. The summed E-state index contributed by atoms with van der Waals surface area (Å²) in [5, 5.41) is 0. The molecule has 20 heavy (non-hydrogen) atoms. The maximum absolute atomic E-state index is 12.5. The molecule has 6 heteroatoms. The van der Waals surface area contributed by atoms with E-state index in [1.165, 1.54) is 4.31 Å². The Kier molecular flexibility index (Phi) is 6.45. The third kappa shape index (κ3) is 5.11. The van der Waals surface area contributed by atoms with Gasteiger partial charge in [-0.05, 0) is 17.5 Å². The molecule has 2 N–H and O–H groups in total. The zero-order valence-electron chi connectivity index (χ0n) is 12.4. The Hall–Kier alpha value is -1.11. The first-order valence-corrected chi connectivity index (χ1v) is 8.28. The van der Waals surface area contributed by atoms with Gasteiger partial charge in [0.15, 0.2) is 0 Å². The van der Waals surface area contributed by atoms with Crippen LogP contribution in [0, 0.1) is 5.92 Å². The molecular formula is C14H24N2O3S. The standard InChI is InChI=1S/C14H24N2O3S/c1-12(2)10-16(8-9-19-3)20(17,18)11-13-6-4-5-7-14(13)15/h4-7,12H,8-11,15H2,1-3H3. The van der Waals surface area contributed by atoms with Gasteiger partial charge in [0.2, 0.25) is 10.0 Å². The Morgan fingerprint density at radius 1 is 1.30 bits per heavy atom. The lowest BCUT2D eigenvalue weighted by atomic mass is 10.2. The normalized spacial score (nSPS) is 12.2. The molecule has 0 aliphatic heterocycles. The zero-order chi connectivity index (χ0) is 15.2. The van der Waals surface area contributed by atoms with E-state index in [0.717, 1.165) is 0 Å². The molecule has 114 valence electrons. The molecule has 0 heterocycles. The minimum absolute atomic E-state index is 0.0733. The Morgan fingerprint density at radius 3 is 2.50 bits per heavy atom. The van der Waals surface area contributed by atoms with Crippen molar-refractivity contribution in [3.05, 3.63) is 29.8 Å². The maximum atomic E-state index is 12.5. The van der Waals surface area contributed by atoms with Gasteiger partial charge < -0.3 is 10.5 Å². The molecule has 0 spiro atoms. The lowest BCUT2D eigenvalue weighted by molar-refractivity contribution is 0.175. The van der Waals surface area contributed by atoms with Crippen LogP contribution in [-0.2, 0) is 20.5 Å². The second-order valence-electron chi connectivity index (χ2n) is 5.20. The van der Waals surface area contributed by atoms with Gasteiger partial charge in [0.25, 0.3) is 0 Å². The van der Waals surface area contributed by atoms with E-state index in [9.17, 15) is 8.42 Å². The molecule has 5 nitrogen and oxygen atoms in total. The predicted molar refractivity (Wildman–Crippen MR) is 81.8 cm³/mol. The van der Waals surface area contributed by atoms with E-state index in [4.69, 9.17) is 10.5 Å². The number of rotatable bonds is 8. The largest absolute Gasteiger partial charge is 0.398 e. The minimum Gasteiger partial charge on any atom is -0.398 e. The molecular weight excluding hydrogens is 276 g/mol. The number of nitrogens with zero attached hydrogens (tertiary/aromatic N) is 1. The van der Waals surface area contributed by atoms with E-state index in [2.05, 4.69) is 0 Å². The number of anilines is 1. The summed E-state index contributed by atoms with van der Waals surface area (Å²) in [6.45, 7) is 5.22. The lowest BCUT2D eigenvalue weighted by Crippen LogP contribution is -2.37. The molecule has 1 aromatic carbocycles. The summed E-state index contributed by atoms with van der Waals surface area (Å²) in [6, 6.07) is 7.05. The van der Waals surface area contributed by atoms with Crippen LogP contribution in [0.15, 0.2) is 24.3 Å². The number of benzene rings is 1. The van der Waals surface area contributed by atoms with Crippen molar-refractivity contribution in [1.29, 1.82) is 0 Å². The van der Waals surface area contributed by atoms with Crippen molar-refractivity contribution in [1.82, 2.24) is 4.31 Å². The number of hydrogen-bond donors (Lipinski definition) is 1. The Labute approximate surface area is 121 Å². The van der Waals surface area contributed by atoms with Gasteiger partial charge in [-0.1, -0.05) is 32.0 Å². The van der Waals surface area contributed by atoms with Crippen LogP contribution in [0.4, 0.5) is 5.69 Å². The quantitative estimate of drug-likeness (QED) is 0.742. The van der Waals surface area contributed by atoms with Gasteiger partial charge in [-0.25, -0.2) is 8.42 Å². The van der Waals surface area contributed by atoms with Crippen molar-refractivity contribution in [3.63, 3.8) is 0 Å². The molecule has 0 amide bonds. The molecule has 0 bridgehead atoms. The fraction of sp³-hybridized carbons (Fsp3) is 0.571. The fourth-order valence-electron chi connectivity index (χ4n) is 1.90. The fourth-order valence-corrected chi connectivity index (χ4v) is 3.61. The van der Waals surface area contributed by atoms with E-state index >= 15 is 0 Å². The zero-order valence-corrected chi connectivity index (χ0v) is 13.2. The molecule has 0 atom stereocenters. The molecule has 0 aliphatic carbocycles. The van der Waals surface area contributed by atoms with E-state index in [1.807, 2.05) is 13.8 Å². The van der Waals surface area contributed by atoms with Crippen LogP contribution in [0.3, 0.4) is 0 Å². The Morgan fingerprint density at radius 2 is 1.95 bits per heavy atom. The van der Waals surface area contributed by atoms with Crippen molar-refractivity contribution in [2.45, 2.75) is 19.6 Å². The first-order valence-electron chi connectivity index (χ1n) is 6.67. The average molecular weight is 300 g/mol. The van der Waals surface area contributed by atoms with Crippen molar-refractivity contribution in [2.24, 2.45) is 5.92 Å². The topological polar surface area (TPSA) is 72.6 Å². The van der Waals surface area contributed by atoms with Gasteiger partial charge in [-0.3, -0.25) is 0 Å². The third-order valence-electron chi connectivity index (χ3n) is 2.90. The number of methoxy groups -OCH3 is 1. The van der Waals surface area contributed by atoms with Gasteiger partial charge in [0.05, 0.1) is 12.4 Å². The molecule has 0 fully saturated rings. The van der Waals surface area contributed by atoms with Crippen LogP contribution in [0.2, 0.25) is 0 Å². The molecule has 0 unspecified atom stereocenters. The third-order valence-corrected chi connectivity index (χ3v) is 4.69. The minimum atomic E-state index is -3.39. The molecule has 1 rings (SSSR count). The number of sulfonamides is 1. The molecule has 0 aromatic heterocycles. The number of ether oxygens (including phenoxy) is 1. The van der Waals surface area contributed by atoms with E-state index < -0.39 is 10.0 Å².